The second-order valence-electron chi connectivity index (χ2n) is 5.07. The van der Waals surface area contributed by atoms with Gasteiger partial charge in [0.2, 0.25) is 0 Å². The number of nitrogens with zero attached hydrogens (tertiary/aromatic N) is 2. The van der Waals surface area contributed by atoms with Crippen LogP contribution in [0.4, 0.5) is 0 Å². The Morgan fingerprint density at radius 1 is 1.35 bits per heavy atom. The van der Waals surface area contributed by atoms with Gasteiger partial charge < -0.3 is 5.73 Å². The maximum absolute atomic E-state index is 6.15. The molecular formula is C14H25N3. The maximum atomic E-state index is 6.15. The van der Waals surface area contributed by atoms with Crippen molar-refractivity contribution in [3.63, 3.8) is 0 Å². The number of nitrogens with two attached hydrogens (primary N) is 1. The Kier molecular flexibility index (Phi) is 5.59. The first-order valence-electron chi connectivity index (χ1n) is 6.45. The van der Waals surface area contributed by atoms with Gasteiger partial charge in [0.05, 0.1) is 6.04 Å². The standard InChI is InChI=1S/C14H25N3/c1-5-17(10-11(2)3)14(12(4)15)13-7-6-8-16-9-13/h6-9,11-12,14H,5,10,15H2,1-4H3. The molecule has 0 radical (unpaired) electrons. The topological polar surface area (TPSA) is 42.2 Å². The van der Waals surface area contributed by atoms with Crippen LogP contribution in [0.15, 0.2) is 24.5 Å². The van der Waals surface area contributed by atoms with Crippen LogP contribution >= 0.6 is 0 Å². The lowest BCUT2D eigenvalue weighted by molar-refractivity contribution is 0.165. The normalized spacial score (nSPS) is 15.2. The van der Waals surface area contributed by atoms with Crippen LogP contribution in [-0.2, 0) is 0 Å². The Labute approximate surface area is 105 Å². The van der Waals surface area contributed by atoms with Crippen molar-refractivity contribution in [2.75, 3.05) is 13.1 Å². The highest BCUT2D eigenvalue weighted by Gasteiger charge is 2.23. The molecule has 3 nitrogen and oxygen atoms in total. The average molecular weight is 235 g/mol. The molecule has 0 bridgehead atoms. The maximum Gasteiger partial charge on any atom is 0.0511 e. The molecule has 0 aliphatic heterocycles. The summed E-state index contributed by atoms with van der Waals surface area (Å²) >= 11 is 0. The Hall–Kier alpha value is -0.930. The summed E-state index contributed by atoms with van der Waals surface area (Å²) in [5.74, 6) is 0.646. The van der Waals surface area contributed by atoms with Gasteiger partial charge in [0.15, 0.2) is 0 Å². The summed E-state index contributed by atoms with van der Waals surface area (Å²) in [6, 6.07) is 4.46. The van der Waals surface area contributed by atoms with E-state index in [4.69, 9.17) is 5.73 Å². The highest BCUT2D eigenvalue weighted by atomic mass is 15.2. The number of likely N-dealkylation sites (N-methyl/N-ethyl adjacent to an activating group) is 1. The van der Waals surface area contributed by atoms with Crippen molar-refractivity contribution < 1.29 is 0 Å². The van der Waals surface area contributed by atoms with E-state index in [1.54, 1.807) is 6.20 Å². The van der Waals surface area contributed by atoms with Gasteiger partial charge in [0, 0.05) is 25.0 Å². The number of rotatable bonds is 6. The second kappa shape index (κ2) is 6.72. The number of hydrogen-bond donors (Lipinski definition) is 1. The molecule has 0 fully saturated rings. The van der Waals surface area contributed by atoms with Crippen LogP contribution in [-0.4, -0.2) is 29.0 Å². The first-order chi connectivity index (χ1) is 8.06. The van der Waals surface area contributed by atoms with Gasteiger partial charge in [-0.05, 0) is 31.0 Å². The quantitative estimate of drug-likeness (QED) is 0.823. The van der Waals surface area contributed by atoms with Crippen molar-refractivity contribution in [1.29, 1.82) is 0 Å². The van der Waals surface area contributed by atoms with E-state index in [0.29, 0.717) is 5.92 Å². The largest absolute Gasteiger partial charge is 0.326 e. The molecule has 2 unspecified atom stereocenters. The number of hydrogen-bond acceptors (Lipinski definition) is 3. The summed E-state index contributed by atoms with van der Waals surface area (Å²) in [6.07, 6.45) is 3.73. The Bertz CT molecular complexity index is 309. The molecule has 96 valence electrons. The molecule has 0 aromatic carbocycles. The fourth-order valence-electron chi connectivity index (χ4n) is 2.31. The Morgan fingerprint density at radius 2 is 2.06 bits per heavy atom. The summed E-state index contributed by atoms with van der Waals surface area (Å²) in [5, 5.41) is 0. The SMILES string of the molecule is CCN(CC(C)C)C(c1cccnc1)C(C)N. The van der Waals surface area contributed by atoms with Crippen LogP contribution < -0.4 is 5.73 Å². The highest BCUT2D eigenvalue weighted by molar-refractivity contribution is 5.16. The molecule has 0 saturated carbocycles. The van der Waals surface area contributed by atoms with Crippen molar-refractivity contribution in [3.8, 4) is 0 Å². The molecule has 17 heavy (non-hydrogen) atoms. The van der Waals surface area contributed by atoms with Crippen LogP contribution in [0.5, 0.6) is 0 Å². The van der Waals surface area contributed by atoms with Crippen LogP contribution in [0.2, 0.25) is 0 Å². The van der Waals surface area contributed by atoms with Gasteiger partial charge in [-0.2, -0.15) is 0 Å². The van der Waals surface area contributed by atoms with Crippen LogP contribution in [0.3, 0.4) is 0 Å². The van der Waals surface area contributed by atoms with Gasteiger partial charge in [0.25, 0.3) is 0 Å². The number of aromatic nitrogens is 1. The molecule has 0 spiro atoms. The number of pyridine rings is 1. The minimum Gasteiger partial charge on any atom is -0.326 e. The molecule has 0 aliphatic carbocycles. The summed E-state index contributed by atoms with van der Waals surface area (Å²) < 4.78 is 0. The van der Waals surface area contributed by atoms with Crippen molar-refractivity contribution in [1.82, 2.24) is 9.88 Å². The van der Waals surface area contributed by atoms with Crippen LogP contribution in [0.1, 0.15) is 39.3 Å². The zero-order valence-electron chi connectivity index (χ0n) is 11.4. The zero-order chi connectivity index (χ0) is 12.8. The summed E-state index contributed by atoms with van der Waals surface area (Å²) in [6.45, 7) is 10.8. The lowest BCUT2D eigenvalue weighted by atomic mass is 9.99. The first-order valence-corrected chi connectivity index (χ1v) is 6.45. The summed E-state index contributed by atoms with van der Waals surface area (Å²) in [4.78, 5) is 6.64. The van der Waals surface area contributed by atoms with E-state index in [0.717, 1.165) is 13.1 Å². The minimum atomic E-state index is 0.109. The average Bonchev–Trinajstić information content (AvgIpc) is 2.28. The Morgan fingerprint density at radius 3 is 2.47 bits per heavy atom. The minimum absolute atomic E-state index is 0.109. The second-order valence-corrected chi connectivity index (χ2v) is 5.07. The van der Waals surface area contributed by atoms with E-state index in [1.165, 1.54) is 5.56 Å². The van der Waals surface area contributed by atoms with Crippen molar-refractivity contribution in [2.45, 2.75) is 39.8 Å². The van der Waals surface area contributed by atoms with Crippen LogP contribution in [0, 0.1) is 5.92 Å². The molecule has 0 amide bonds. The van der Waals surface area contributed by atoms with Crippen molar-refractivity contribution >= 4 is 0 Å². The first kappa shape index (κ1) is 14.1. The molecule has 1 rings (SSSR count). The smallest absolute Gasteiger partial charge is 0.0511 e. The summed E-state index contributed by atoms with van der Waals surface area (Å²) in [7, 11) is 0. The van der Waals surface area contributed by atoms with E-state index in [-0.39, 0.29) is 12.1 Å². The predicted octanol–water partition coefficient (Wildman–Crippen LogP) is 2.45. The molecule has 1 aromatic rings. The van der Waals surface area contributed by atoms with E-state index in [1.807, 2.05) is 12.3 Å². The fraction of sp³-hybridized carbons (Fsp3) is 0.643. The molecule has 0 saturated heterocycles. The van der Waals surface area contributed by atoms with Gasteiger partial charge in [-0.1, -0.05) is 26.8 Å². The third-order valence-corrected chi connectivity index (χ3v) is 2.92. The van der Waals surface area contributed by atoms with E-state index in [2.05, 4.69) is 43.6 Å². The van der Waals surface area contributed by atoms with Gasteiger partial charge in [-0.15, -0.1) is 0 Å². The van der Waals surface area contributed by atoms with E-state index < -0.39 is 0 Å². The zero-order valence-corrected chi connectivity index (χ0v) is 11.4. The molecule has 1 heterocycles. The van der Waals surface area contributed by atoms with Crippen molar-refractivity contribution in [3.05, 3.63) is 30.1 Å². The molecule has 2 N–H and O–H groups in total. The lowest BCUT2D eigenvalue weighted by Gasteiger charge is -2.34. The van der Waals surface area contributed by atoms with E-state index >= 15 is 0 Å². The third kappa shape index (κ3) is 4.10. The monoisotopic (exact) mass is 235 g/mol. The van der Waals surface area contributed by atoms with Gasteiger partial charge >= 0.3 is 0 Å². The molecule has 2 atom stereocenters. The fourth-order valence-corrected chi connectivity index (χ4v) is 2.31. The molecule has 3 heteroatoms. The summed E-state index contributed by atoms with van der Waals surface area (Å²) in [5.41, 5.74) is 7.36. The molecular weight excluding hydrogens is 210 g/mol. The predicted molar refractivity (Wildman–Crippen MR) is 72.7 cm³/mol. The lowest BCUT2D eigenvalue weighted by Crippen LogP contribution is -2.41. The van der Waals surface area contributed by atoms with Gasteiger partial charge in [-0.25, -0.2) is 0 Å². The van der Waals surface area contributed by atoms with Crippen LogP contribution in [0.25, 0.3) is 0 Å². The van der Waals surface area contributed by atoms with E-state index in [9.17, 15) is 0 Å². The highest BCUT2D eigenvalue weighted by Crippen LogP contribution is 2.23. The van der Waals surface area contributed by atoms with Gasteiger partial charge in [0.1, 0.15) is 0 Å². The third-order valence-electron chi connectivity index (χ3n) is 2.92. The van der Waals surface area contributed by atoms with Crippen molar-refractivity contribution in [2.24, 2.45) is 11.7 Å². The molecule has 1 aromatic heterocycles. The van der Waals surface area contributed by atoms with Gasteiger partial charge in [-0.3, -0.25) is 9.88 Å². The Balaban J connectivity index is 2.91. The molecule has 0 aliphatic rings.